The minimum absolute atomic E-state index is 0.0287. The molecular weight excluding hydrogens is 353 g/mol. The Kier molecular flexibility index (Phi) is 5.95. The summed E-state index contributed by atoms with van der Waals surface area (Å²) in [6.07, 6.45) is 7.37. The van der Waals surface area contributed by atoms with E-state index >= 15 is 0 Å². The molecule has 1 aromatic heterocycles. The maximum atomic E-state index is 13.3. The van der Waals surface area contributed by atoms with Gasteiger partial charge in [-0.1, -0.05) is 43.5 Å². The summed E-state index contributed by atoms with van der Waals surface area (Å²) in [5.41, 5.74) is 4.21. The molecule has 5 heteroatoms. The summed E-state index contributed by atoms with van der Waals surface area (Å²) in [7, 11) is 2.03. The van der Waals surface area contributed by atoms with Gasteiger partial charge in [0.2, 0.25) is 6.41 Å². The van der Waals surface area contributed by atoms with Crippen LogP contribution in [0.1, 0.15) is 23.7 Å². The molecule has 0 saturated carbocycles. The fourth-order valence-electron chi connectivity index (χ4n) is 4.00. The number of aromatic nitrogens is 1. The Morgan fingerprint density at radius 2 is 2.07 bits per heavy atom. The Morgan fingerprint density at radius 1 is 1.36 bits per heavy atom. The van der Waals surface area contributed by atoms with Crippen molar-refractivity contribution in [2.24, 2.45) is 0 Å². The average molecular weight is 379 g/mol. The third-order valence-corrected chi connectivity index (χ3v) is 5.35. The van der Waals surface area contributed by atoms with Gasteiger partial charge in [-0.15, -0.1) is 0 Å². The fraction of sp³-hybridized carbons (Fsp3) is 0.261. The van der Waals surface area contributed by atoms with Crippen LogP contribution in [0.15, 0.2) is 49.2 Å². The zero-order valence-corrected chi connectivity index (χ0v) is 16.4. The number of nitrogens with one attached hydrogen (secondary N) is 1. The summed E-state index contributed by atoms with van der Waals surface area (Å²) < 4.78 is 15.6. The summed E-state index contributed by atoms with van der Waals surface area (Å²) in [4.78, 5) is 13.1. The predicted octanol–water partition coefficient (Wildman–Crippen LogP) is 2.06. The van der Waals surface area contributed by atoms with Crippen LogP contribution in [0.3, 0.4) is 0 Å². The largest absolute Gasteiger partial charge is 0.339 e. The van der Waals surface area contributed by atoms with Crippen LogP contribution in [0.5, 0.6) is 0 Å². The van der Waals surface area contributed by atoms with Gasteiger partial charge in [0.1, 0.15) is 5.82 Å². The average Bonchev–Trinajstić information content (AvgIpc) is 2.95. The molecule has 1 unspecified atom stereocenters. The van der Waals surface area contributed by atoms with E-state index in [-0.39, 0.29) is 11.9 Å². The Morgan fingerprint density at radius 3 is 2.68 bits per heavy atom. The number of benzene rings is 1. The van der Waals surface area contributed by atoms with Crippen LogP contribution in [0.4, 0.5) is 4.39 Å². The lowest BCUT2D eigenvalue weighted by atomic mass is 9.96. The van der Waals surface area contributed by atoms with Gasteiger partial charge in [0.05, 0.1) is 6.04 Å². The maximum absolute atomic E-state index is 13.3. The van der Waals surface area contributed by atoms with Crippen LogP contribution in [-0.2, 0) is 24.3 Å². The van der Waals surface area contributed by atoms with Gasteiger partial charge in [-0.25, -0.2) is 4.39 Å². The third kappa shape index (κ3) is 3.71. The fourth-order valence-corrected chi connectivity index (χ4v) is 4.00. The Hall–Kier alpha value is -2.92. The van der Waals surface area contributed by atoms with E-state index in [2.05, 4.69) is 34.0 Å². The minimum atomic E-state index is -0.231. The Bertz CT molecular complexity index is 1020. The molecule has 146 valence electrons. The number of fused-ring (bicyclic) bond motifs is 1. The molecule has 4 nitrogen and oxygen atoms in total. The van der Waals surface area contributed by atoms with Crippen molar-refractivity contribution >= 4 is 18.6 Å². The van der Waals surface area contributed by atoms with Gasteiger partial charge < -0.3 is 9.88 Å². The summed E-state index contributed by atoms with van der Waals surface area (Å²) >= 11 is 0. The van der Waals surface area contributed by atoms with Crippen LogP contribution < -0.4 is 15.9 Å². The first-order valence-electron chi connectivity index (χ1n) is 9.33. The molecule has 1 aliphatic rings. The number of carbonyl (C=O) groups is 1. The zero-order valence-electron chi connectivity index (χ0n) is 16.4. The highest BCUT2D eigenvalue weighted by Crippen LogP contribution is 2.23. The lowest BCUT2D eigenvalue weighted by Gasteiger charge is -2.34. The number of hydrogen-bond donors (Lipinski definition) is 1. The van der Waals surface area contributed by atoms with Gasteiger partial charge in [-0.3, -0.25) is 9.69 Å². The molecule has 0 spiro atoms. The van der Waals surface area contributed by atoms with Crippen LogP contribution >= 0.6 is 0 Å². The number of allylic oxidation sites excluding steroid dienone is 1. The normalized spacial score (nSPS) is 18.0. The maximum Gasteiger partial charge on any atom is 0.211 e. The van der Waals surface area contributed by atoms with E-state index in [0.29, 0.717) is 18.7 Å². The number of hydrogen-bond acceptors (Lipinski definition) is 2. The molecule has 2 aromatic rings. The van der Waals surface area contributed by atoms with Crippen molar-refractivity contribution in [2.75, 3.05) is 7.05 Å². The molecule has 1 N–H and O–H groups in total. The topological polar surface area (TPSA) is 37.3 Å². The lowest BCUT2D eigenvalue weighted by Crippen LogP contribution is -2.43. The van der Waals surface area contributed by atoms with E-state index in [1.54, 1.807) is 6.08 Å². The van der Waals surface area contributed by atoms with Gasteiger partial charge in [-0.2, -0.15) is 0 Å². The summed E-state index contributed by atoms with van der Waals surface area (Å²) in [5.74, 6) is -0.231. The van der Waals surface area contributed by atoms with Gasteiger partial charge >= 0.3 is 0 Å². The molecular formula is C23H26FN3O. The van der Waals surface area contributed by atoms with E-state index in [9.17, 15) is 9.18 Å². The molecule has 2 heterocycles. The predicted molar refractivity (Wildman–Crippen MR) is 111 cm³/mol. The van der Waals surface area contributed by atoms with E-state index in [1.165, 1.54) is 23.4 Å². The van der Waals surface area contributed by atoms with Gasteiger partial charge in [0, 0.05) is 35.0 Å². The third-order valence-electron chi connectivity index (χ3n) is 5.35. The number of nitrogens with zero attached hydrogens (tertiary/aromatic N) is 2. The van der Waals surface area contributed by atoms with Crippen molar-refractivity contribution in [2.45, 2.75) is 32.5 Å². The highest BCUT2D eigenvalue weighted by Gasteiger charge is 2.29. The second-order valence-corrected chi connectivity index (χ2v) is 7.05. The molecule has 3 rings (SSSR count). The van der Waals surface area contributed by atoms with Gasteiger partial charge in [-0.05, 0) is 43.7 Å². The molecule has 0 radical (unpaired) electrons. The van der Waals surface area contributed by atoms with Crippen molar-refractivity contribution in [3.63, 3.8) is 0 Å². The molecule has 1 amide bonds. The number of halogens is 1. The van der Waals surface area contributed by atoms with E-state index in [0.717, 1.165) is 29.1 Å². The van der Waals surface area contributed by atoms with E-state index < -0.39 is 0 Å². The van der Waals surface area contributed by atoms with Crippen molar-refractivity contribution in [1.29, 1.82) is 0 Å². The smallest absolute Gasteiger partial charge is 0.211 e. The van der Waals surface area contributed by atoms with Crippen LogP contribution in [0.2, 0.25) is 0 Å². The van der Waals surface area contributed by atoms with Crippen LogP contribution in [-0.4, -0.2) is 29.0 Å². The van der Waals surface area contributed by atoms with Crippen molar-refractivity contribution in [1.82, 2.24) is 14.8 Å². The number of amides is 1. The number of likely N-dealkylation sites (N-methyl/N-ethyl adjacent to an activating group) is 1. The minimum Gasteiger partial charge on any atom is -0.339 e. The zero-order chi connectivity index (χ0) is 20.3. The first kappa shape index (κ1) is 19.8. The first-order valence-corrected chi connectivity index (χ1v) is 9.33. The molecule has 0 aliphatic carbocycles. The molecule has 0 saturated heterocycles. The number of carbonyl (C=O) groups excluding carboxylic acids is 1. The van der Waals surface area contributed by atoms with E-state index in [4.69, 9.17) is 0 Å². The van der Waals surface area contributed by atoms with E-state index in [1.807, 2.05) is 32.2 Å². The Labute approximate surface area is 165 Å². The second kappa shape index (κ2) is 8.40. The Balaban J connectivity index is 2.13. The molecule has 1 aliphatic heterocycles. The van der Waals surface area contributed by atoms with Gasteiger partial charge in [0.15, 0.2) is 0 Å². The first-order chi connectivity index (χ1) is 13.5. The molecule has 0 bridgehead atoms. The SMILES string of the molecule is C=C/C=c1/c2c(n(Cc3ccc(F)cc3)/c1=C/C)CN(C)C(C(=C)NC=O)C2. The number of rotatable bonds is 6. The molecule has 1 atom stereocenters. The molecule has 1 aromatic carbocycles. The summed E-state index contributed by atoms with van der Waals surface area (Å²) in [5, 5.41) is 4.98. The summed E-state index contributed by atoms with van der Waals surface area (Å²) in [6.45, 7) is 11.3. The van der Waals surface area contributed by atoms with Crippen LogP contribution in [0, 0.1) is 5.82 Å². The lowest BCUT2D eigenvalue weighted by molar-refractivity contribution is -0.109. The highest BCUT2D eigenvalue weighted by molar-refractivity contribution is 5.51. The highest BCUT2D eigenvalue weighted by atomic mass is 19.1. The van der Waals surface area contributed by atoms with Gasteiger partial charge in [0.25, 0.3) is 0 Å². The monoisotopic (exact) mass is 379 g/mol. The second-order valence-electron chi connectivity index (χ2n) is 7.05. The van der Waals surface area contributed by atoms with Crippen molar-refractivity contribution < 1.29 is 9.18 Å². The molecule has 28 heavy (non-hydrogen) atoms. The quantitative estimate of drug-likeness (QED) is 0.780. The van der Waals surface area contributed by atoms with Crippen molar-refractivity contribution in [3.05, 3.63) is 82.4 Å². The molecule has 0 fully saturated rings. The summed E-state index contributed by atoms with van der Waals surface area (Å²) in [6, 6.07) is 6.66. The van der Waals surface area contributed by atoms with Crippen LogP contribution in [0.25, 0.3) is 12.2 Å². The van der Waals surface area contributed by atoms with Crippen molar-refractivity contribution in [3.8, 4) is 0 Å². The standard InChI is InChI=1S/C23H26FN3O/c1-5-7-19-20-12-22(16(3)25-15-28)26(4)14-23(20)27(21(19)6-2)13-17-8-10-18(24)11-9-17/h5-11,15,22H,1,3,12-14H2,2,4H3,(H,25,28)/b19-7-,21-6+.